The first-order chi connectivity index (χ1) is 28.7. The largest absolute Gasteiger partial charge is 0.487 e. The first-order valence-corrected chi connectivity index (χ1v) is 23.0. The van der Waals surface area contributed by atoms with Gasteiger partial charge in [-0.15, -0.1) is 11.6 Å². The number of para-hydroxylation sites is 2. The third kappa shape index (κ3) is 10.2. The molecule has 11 heteroatoms. The van der Waals surface area contributed by atoms with E-state index in [4.69, 9.17) is 44.9 Å². The van der Waals surface area contributed by atoms with Crippen LogP contribution in [0.2, 0.25) is 0 Å². The molecule has 0 aromatic heterocycles. The second-order valence-corrected chi connectivity index (χ2v) is 19.1. The van der Waals surface area contributed by atoms with Gasteiger partial charge >= 0.3 is 0 Å². The van der Waals surface area contributed by atoms with E-state index in [2.05, 4.69) is 59.4 Å². The zero-order chi connectivity index (χ0) is 42.7. The number of allylic oxidation sites excluding steroid dienone is 7. The van der Waals surface area contributed by atoms with E-state index in [1.807, 2.05) is 43.3 Å². The molecule has 6 heterocycles. The number of ether oxygens (including phenoxy) is 6. The number of hydrogen-bond donors (Lipinski definition) is 2. The number of hydroxylamine groups is 1. The Bertz CT molecular complexity index is 1760. The molecule has 5 fully saturated rings. The smallest absolute Gasteiger partial charge is 0.146 e. The van der Waals surface area contributed by atoms with Crippen molar-refractivity contribution in [2.75, 3.05) is 24.1 Å². The number of anilines is 1. The zero-order valence-corrected chi connectivity index (χ0v) is 37.5. The highest BCUT2D eigenvalue weighted by Crippen LogP contribution is 2.49. The standard InChI is InChI=1S/C49H70ClNO9/c1-8-9-10-11-19-43-47(5,53)24-20-40-41(55-43)21-25-48(6)45(56-40)29-42-46(59-48)37(52)30-49(7)44(57-42)28-34(4)38(58-49)18-14-15-32(2)33(3)23-27-54-39-17-13-12-16-36(39)51-26-22-35(31-50)60-51/h8-10,12-13,15-17,22-23,34,37-38,40-46,52-53H,1,11,14,18-21,24-31H2,2-7H3/b10-9-,32-15+,33-23+. The number of benzene rings is 1. The molecule has 13 atom stereocenters. The number of hydrogen-bond acceptors (Lipinski definition) is 10. The highest BCUT2D eigenvalue weighted by molar-refractivity contribution is 6.19. The topological polar surface area (TPSA) is 108 Å². The van der Waals surface area contributed by atoms with Crippen LogP contribution in [0.15, 0.2) is 84.2 Å². The third-order valence-corrected chi connectivity index (χ3v) is 14.5. The highest BCUT2D eigenvalue weighted by atomic mass is 35.5. The van der Waals surface area contributed by atoms with Crippen molar-refractivity contribution in [2.24, 2.45) is 5.92 Å². The lowest BCUT2D eigenvalue weighted by atomic mass is 9.79. The minimum Gasteiger partial charge on any atom is -0.487 e. The van der Waals surface area contributed by atoms with E-state index in [-0.39, 0.29) is 48.6 Å². The lowest BCUT2D eigenvalue weighted by Gasteiger charge is -2.49. The summed E-state index contributed by atoms with van der Waals surface area (Å²) in [5.74, 6) is 2.13. The van der Waals surface area contributed by atoms with Gasteiger partial charge in [-0.05, 0) is 128 Å². The quantitative estimate of drug-likeness (QED) is 0.147. The first kappa shape index (κ1) is 45.4. The minimum atomic E-state index is -0.934. The van der Waals surface area contributed by atoms with Gasteiger partial charge in [-0.25, -0.2) is 5.06 Å². The molecule has 0 amide bonds. The van der Waals surface area contributed by atoms with Crippen LogP contribution < -0.4 is 9.80 Å². The molecule has 0 radical (unpaired) electrons. The van der Waals surface area contributed by atoms with Crippen LogP contribution in [-0.4, -0.2) is 101 Å². The average Bonchev–Trinajstić information content (AvgIpc) is 3.57. The molecule has 1 aromatic rings. The van der Waals surface area contributed by atoms with Crippen LogP contribution in [0.1, 0.15) is 112 Å². The Hall–Kier alpha value is -2.67. The SMILES string of the molecule is C=C/C=C\CCC1OC2CCC3(C)OC4C(O)CC5(C)OC(CC/C=C(C)/C(C)=C/COc6ccccc6N6CC=C(CCl)O6)C(C)CC5OC4CC3OC2CCC1(C)O. The number of alkyl halides is 1. The van der Waals surface area contributed by atoms with E-state index < -0.39 is 29.0 Å². The zero-order valence-electron chi connectivity index (χ0n) is 36.7. The molecule has 0 saturated carbocycles. The lowest BCUT2D eigenvalue weighted by Crippen LogP contribution is -2.59. The summed E-state index contributed by atoms with van der Waals surface area (Å²) in [6, 6.07) is 7.88. The van der Waals surface area contributed by atoms with Crippen LogP contribution in [-0.2, 0) is 28.5 Å². The lowest BCUT2D eigenvalue weighted by molar-refractivity contribution is -0.273. The molecule has 6 aliphatic rings. The number of fused-ring (bicyclic) bond motifs is 4. The first-order valence-electron chi connectivity index (χ1n) is 22.5. The van der Waals surface area contributed by atoms with Crippen molar-refractivity contribution in [1.29, 1.82) is 0 Å². The minimum absolute atomic E-state index is 0.0380. The number of nitrogens with zero attached hydrogens (tertiary/aromatic N) is 1. The molecule has 0 spiro atoms. The number of aliphatic hydroxyl groups excluding tert-OH is 1. The fraction of sp³-hybridized carbons (Fsp3) is 0.673. The van der Waals surface area contributed by atoms with Crippen LogP contribution in [0, 0.1) is 5.92 Å². The molecule has 5 saturated heterocycles. The monoisotopic (exact) mass is 851 g/mol. The molecule has 6 aliphatic heterocycles. The normalized spacial score (nSPS) is 39.9. The summed E-state index contributed by atoms with van der Waals surface area (Å²) in [5.41, 5.74) is 1.08. The molecule has 2 N–H and O–H groups in total. The molecule has 60 heavy (non-hydrogen) atoms. The van der Waals surface area contributed by atoms with Crippen molar-refractivity contribution < 1.29 is 43.5 Å². The second kappa shape index (κ2) is 19.4. The van der Waals surface area contributed by atoms with Gasteiger partial charge in [0, 0.05) is 12.8 Å². The number of halogens is 1. The maximum Gasteiger partial charge on any atom is 0.146 e. The van der Waals surface area contributed by atoms with Gasteiger partial charge in [0.25, 0.3) is 0 Å². The maximum atomic E-state index is 11.9. The van der Waals surface area contributed by atoms with Crippen molar-refractivity contribution in [2.45, 2.75) is 184 Å². The van der Waals surface area contributed by atoms with Crippen LogP contribution >= 0.6 is 11.6 Å². The van der Waals surface area contributed by atoms with E-state index in [0.29, 0.717) is 44.7 Å². The molecular weight excluding hydrogens is 782 g/mol. The van der Waals surface area contributed by atoms with Gasteiger partial charge in [-0.2, -0.15) is 0 Å². The molecule has 1 aromatic carbocycles. The summed E-state index contributed by atoms with van der Waals surface area (Å²) >= 11 is 5.96. The number of aliphatic hydroxyl groups is 2. The summed E-state index contributed by atoms with van der Waals surface area (Å²) < 4.78 is 40.8. The van der Waals surface area contributed by atoms with Gasteiger partial charge in [0.15, 0.2) is 0 Å². The van der Waals surface area contributed by atoms with E-state index in [1.165, 1.54) is 11.1 Å². The molecular formula is C49H70ClNO9. The van der Waals surface area contributed by atoms with Crippen LogP contribution in [0.5, 0.6) is 5.75 Å². The fourth-order valence-electron chi connectivity index (χ4n) is 10.2. The van der Waals surface area contributed by atoms with Gasteiger partial charge in [-0.3, -0.25) is 0 Å². The molecule has 13 unspecified atom stereocenters. The maximum absolute atomic E-state index is 11.9. The van der Waals surface area contributed by atoms with Crippen molar-refractivity contribution in [3.05, 3.63) is 84.2 Å². The van der Waals surface area contributed by atoms with Crippen LogP contribution in [0.4, 0.5) is 5.69 Å². The average molecular weight is 853 g/mol. The van der Waals surface area contributed by atoms with Crippen molar-refractivity contribution in [3.63, 3.8) is 0 Å². The number of rotatable bonds is 13. The predicted octanol–water partition coefficient (Wildman–Crippen LogP) is 9.23. The van der Waals surface area contributed by atoms with Gasteiger partial charge in [0.2, 0.25) is 0 Å². The van der Waals surface area contributed by atoms with Crippen molar-refractivity contribution in [3.8, 4) is 5.75 Å². The summed E-state index contributed by atoms with van der Waals surface area (Å²) in [5, 5.41) is 25.1. The Kier molecular flexibility index (Phi) is 14.7. The fourth-order valence-corrected chi connectivity index (χ4v) is 10.4. The highest BCUT2D eigenvalue weighted by Gasteiger charge is 2.58. The molecule has 332 valence electrons. The Morgan fingerprint density at radius 3 is 2.45 bits per heavy atom. The van der Waals surface area contributed by atoms with E-state index in [1.54, 1.807) is 11.1 Å². The Balaban J connectivity index is 0.934. The van der Waals surface area contributed by atoms with Gasteiger partial charge in [0.1, 0.15) is 29.9 Å². The summed E-state index contributed by atoms with van der Waals surface area (Å²) in [7, 11) is 0. The summed E-state index contributed by atoms with van der Waals surface area (Å²) in [6.45, 7) is 17.5. The second-order valence-electron chi connectivity index (χ2n) is 18.8. The molecule has 0 aliphatic carbocycles. The van der Waals surface area contributed by atoms with Gasteiger partial charge in [-0.1, -0.05) is 55.5 Å². The molecule has 7 rings (SSSR count). The third-order valence-electron chi connectivity index (χ3n) is 14.2. The summed E-state index contributed by atoms with van der Waals surface area (Å²) in [4.78, 5) is 5.84. The predicted molar refractivity (Wildman–Crippen MR) is 235 cm³/mol. The van der Waals surface area contributed by atoms with Crippen molar-refractivity contribution in [1.82, 2.24) is 0 Å². The van der Waals surface area contributed by atoms with Crippen molar-refractivity contribution >= 4 is 17.3 Å². The van der Waals surface area contributed by atoms with E-state index in [9.17, 15) is 10.2 Å². The molecule has 10 nitrogen and oxygen atoms in total. The van der Waals surface area contributed by atoms with Gasteiger partial charge < -0.3 is 43.5 Å². The Morgan fingerprint density at radius 1 is 0.933 bits per heavy atom. The van der Waals surface area contributed by atoms with E-state index in [0.717, 1.165) is 62.1 Å². The van der Waals surface area contributed by atoms with Crippen LogP contribution in [0.25, 0.3) is 0 Å². The van der Waals surface area contributed by atoms with Crippen LogP contribution in [0.3, 0.4) is 0 Å². The van der Waals surface area contributed by atoms with Gasteiger partial charge in [0.05, 0.1) is 78.1 Å². The summed E-state index contributed by atoms with van der Waals surface area (Å²) in [6.07, 6.45) is 17.8. The van der Waals surface area contributed by atoms with E-state index >= 15 is 0 Å². The Morgan fingerprint density at radius 2 is 1.67 bits per heavy atom. The Labute approximate surface area is 363 Å². The molecule has 0 bridgehead atoms.